The monoisotopic (exact) mass is 474 g/mol. The molecule has 3 amide bonds. The van der Waals surface area contributed by atoms with E-state index >= 15 is 0 Å². The fourth-order valence-electron chi connectivity index (χ4n) is 3.55. The number of amides is 3. The lowest BCUT2D eigenvalue weighted by Crippen LogP contribution is -2.40. The molecule has 4 rings (SSSR count). The van der Waals surface area contributed by atoms with Crippen LogP contribution in [0.5, 0.6) is 17.2 Å². The SMILES string of the molecule is COc1ccc(-c2noc(CN3C(=O)N[C@@](C)(c4ccc(OC(F)F)cc4)C3=O)n2)cc1OC. The first-order chi connectivity index (χ1) is 16.2. The van der Waals surface area contributed by atoms with Crippen molar-refractivity contribution in [2.24, 2.45) is 0 Å². The Labute approximate surface area is 192 Å². The van der Waals surface area contributed by atoms with Gasteiger partial charge in [-0.15, -0.1) is 0 Å². The molecule has 0 radical (unpaired) electrons. The van der Waals surface area contributed by atoms with Crippen LogP contribution in [0.25, 0.3) is 11.4 Å². The van der Waals surface area contributed by atoms with Crippen LogP contribution in [0.4, 0.5) is 13.6 Å². The Balaban J connectivity index is 1.52. The van der Waals surface area contributed by atoms with Gasteiger partial charge in [0.05, 0.1) is 14.2 Å². The molecule has 1 aliphatic heterocycles. The average Bonchev–Trinajstić information content (AvgIpc) is 3.37. The number of rotatable bonds is 8. The van der Waals surface area contributed by atoms with Gasteiger partial charge in [0.2, 0.25) is 11.7 Å². The second-order valence-electron chi connectivity index (χ2n) is 7.43. The highest BCUT2D eigenvalue weighted by Crippen LogP contribution is 2.33. The molecular weight excluding hydrogens is 454 g/mol. The predicted octanol–water partition coefficient (Wildman–Crippen LogP) is 3.32. The number of aromatic nitrogens is 2. The van der Waals surface area contributed by atoms with E-state index in [4.69, 9.17) is 14.0 Å². The van der Waals surface area contributed by atoms with E-state index in [2.05, 4.69) is 20.2 Å². The minimum absolute atomic E-state index is 0.0400. The summed E-state index contributed by atoms with van der Waals surface area (Å²) in [6, 6.07) is 9.85. The smallest absolute Gasteiger partial charge is 0.387 e. The number of nitrogens with one attached hydrogen (secondary N) is 1. The van der Waals surface area contributed by atoms with E-state index < -0.39 is 24.1 Å². The Morgan fingerprint density at radius 3 is 2.44 bits per heavy atom. The summed E-state index contributed by atoms with van der Waals surface area (Å²) >= 11 is 0. The standard InChI is InChI=1S/C22H20F2N4O6/c1-22(13-5-7-14(8-6-13)33-20(23)24)19(29)28(21(30)26-22)11-17-25-18(27-34-17)12-4-9-15(31-2)16(10-12)32-3/h4-10,20H,11H2,1-3H3,(H,26,30)/t22-/m0/s1. The third-order valence-corrected chi connectivity index (χ3v) is 5.34. The van der Waals surface area contributed by atoms with Crippen molar-refractivity contribution in [3.05, 3.63) is 53.9 Å². The highest BCUT2D eigenvalue weighted by atomic mass is 19.3. The summed E-state index contributed by atoms with van der Waals surface area (Å²) in [5.74, 6) is 0.651. The molecule has 2 heterocycles. The summed E-state index contributed by atoms with van der Waals surface area (Å²) in [5.41, 5.74) is -0.431. The van der Waals surface area contributed by atoms with Crippen LogP contribution in [0.3, 0.4) is 0 Å². The molecule has 12 heteroatoms. The summed E-state index contributed by atoms with van der Waals surface area (Å²) < 4.78 is 44.8. The van der Waals surface area contributed by atoms with Crippen LogP contribution in [0, 0.1) is 0 Å². The van der Waals surface area contributed by atoms with Crippen molar-refractivity contribution in [3.8, 4) is 28.6 Å². The lowest BCUT2D eigenvalue weighted by molar-refractivity contribution is -0.131. The van der Waals surface area contributed by atoms with Crippen molar-refractivity contribution < 1.29 is 37.1 Å². The molecule has 1 aliphatic rings. The molecule has 0 saturated carbocycles. The van der Waals surface area contributed by atoms with Gasteiger partial charge in [0.15, 0.2) is 11.5 Å². The van der Waals surface area contributed by atoms with Crippen molar-refractivity contribution in [2.45, 2.75) is 25.6 Å². The highest BCUT2D eigenvalue weighted by Gasteiger charge is 2.49. The number of methoxy groups -OCH3 is 2. The molecule has 1 fully saturated rings. The van der Waals surface area contributed by atoms with Crippen molar-refractivity contribution >= 4 is 11.9 Å². The molecule has 0 bridgehead atoms. The van der Waals surface area contributed by atoms with Crippen molar-refractivity contribution in [1.29, 1.82) is 0 Å². The number of halogens is 2. The van der Waals surface area contributed by atoms with Gasteiger partial charge in [-0.05, 0) is 42.8 Å². The van der Waals surface area contributed by atoms with E-state index in [1.807, 2.05) is 0 Å². The van der Waals surface area contributed by atoms with Crippen LogP contribution < -0.4 is 19.5 Å². The third-order valence-electron chi connectivity index (χ3n) is 5.34. The van der Waals surface area contributed by atoms with E-state index in [9.17, 15) is 18.4 Å². The number of urea groups is 1. The van der Waals surface area contributed by atoms with E-state index in [0.717, 1.165) is 4.90 Å². The minimum atomic E-state index is -2.97. The third kappa shape index (κ3) is 4.21. The Kier molecular flexibility index (Phi) is 6.05. The van der Waals surface area contributed by atoms with E-state index in [1.165, 1.54) is 45.4 Å². The molecule has 2 aromatic carbocycles. The van der Waals surface area contributed by atoms with Gasteiger partial charge in [-0.25, -0.2) is 4.79 Å². The number of hydrogen-bond acceptors (Lipinski definition) is 8. The quantitative estimate of drug-likeness (QED) is 0.495. The zero-order chi connectivity index (χ0) is 24.5. The van der Waals surface area contributed by atoms with Crippen LogP contribution in [0.1, 0.15) is 18.4 Å². The fourth-order valence-corrected chi connectivity index (χ4v) is 3.55. The zero-order valence-corrected chi connectivity index (χ0v) is 18.4. The number of ether oxygens (including phenoxy) is 3. The van der Waals surface area contributed by atoms with Crippen molar-refractivity contribution in [3.63, 3.8) is 0 Å². The number of hydrogen-bond donors (Lipinski definition) is 1. The number of nitrogens with zero attached hydrogens (tertiary/aromatic N) is 3. The van der Waals surface area contributed by atoms with Crippen LogP contribution in [-0.4, -0.2) is 47.8 Å². The molecule has 0 unspecified atom stereocenters. The maximum atomic E-state index is 13.1. The molecule has 1 N–H and O–H groups in total. The van der Waals surface area contributed by atoms with E-state index in [1.54, 1.807) is 18.2 Å². The van der Waals surface area contributed by atoms with Gasteiger partial charge in [-0.2, -0.15) is 13.8 Å². The summed E-state index contributed by atoms with van der Waals surface area (Å²) in [5, 5.41) is 6.53. The summed E-state index contributed by atoms with van der Waals surface area (Å²) in [6.45, 7) is -1.71. The van der Waals surface area contributed by atoms with Gasteiger partial charge >= 0.3 is 12.6 Å². The van der Waals surface area contributed by atoms with E-state index in [0.29, 0.717) is 22.6 Å². The largest absolute Gasteiger partial charge is 0.493 e. The zero-order valence-electron chi connectivity index (χ0n) is 18.4. The lowest BCUT2D eigenvalue weighted by atomic mass is 9.92. The fraction of sp³-hybridized carbons (Fsp3) is 0.273. The summed E-state index contributed by atoms with van der Waals surface area (Å²) in [7, 11) is 3.01. The van der Waals surface area contributed by atoms with Gasteiger partial charge in [0.25, 0.3) is 5.91 Å². The molecule has 3 aromatic rings. The minimum Gasteiger partial charge on any atom is -0.493 e. The van der Waals surface area contributed by atoms with E-state index in [-0.39, 0.29) is 24.0 Å². The number of carbonyl (C=O) groups excluding carboxylic acids is 2. The van der Waals surface area contributed by atoms with Crippen molar-refractivity contribution in [2.75, 3.05) is 14.2 Å². The molecule has 1 saturated heterocycles. The second-order valence-corrected chi connectivity index (χ2v) is 7.43. The Hall–Kier alpha value is -4.22. The van der Waals surface area contributed by atoms with Gasteiger partial charge in [-0.3, -0.25) is 9.69 Å². The topological polar surface area (TPSA) is 116 Å². The molecule has 0 aliphatic carbocycles. The van der Waals surface area contributed by atoms with Gasteiger partial charge in [0, 0.05) is 5.56 Å². The van der Waals surface area contributed by atoms with Crippen LogP contribution in [0.15, 0.2) is 47.0 Å². The number of alkyl halides is 2. The molecule has 178 valence electrons. The number of benzene rings is 2. The predicted molar refractivity (Wildman–Crippen MR) is 112 cm³/mol. The second kappa shape index (κ2) is 8.96. The molecule has 1 atom stereocenters. The lowest BCUT2D eigenvalue weighted by Gasteiger charge is -2.22. The van der Waals surface area contributed by atoms with Gasteiger partial charge < -0.3 is 24.1 Å². The molecule has 0 spiro atoms. The number of carbonyl (C=O) groups is 2. The molecular formula is C22H20F2N4O6. The normalized spacial score (nSPS) is 17.8. The Bertz CT molecular complexity index is 1220. The van der Waals surface area contributed by atoms with Crippen LogP contribution >= 0.6 is 0 Å². The summed E-state index contributed by atoms with van der Waals surface area (Å²) in [6.07, 6.45) is 0. The molecule has 10 nitrogen and oxygen atoms in total. The Morgan fingerprint density at radius 2 is 1.79 bits per heavy atom. The van der Waals surface area contributed by atoms with Crippen molar-refractivity contribution in [1.82, 2.24) is 20.4 Å². The van der Waals surface area contributed by atoms with Gasteiger partial charge in [0.1, 0.15) is 17.8 Å². The highest BCUT2D eigenvalue weighted by molar-refractivity contribution is 6.07. The Morgan fingerprint density at radius 1 is 1.09 bits per heavy atom. The summed E-state index contributed by atoms with van der Waals surface area (Å²) in [4.78, 5) is 30.9. The maximum Gasteiger partial charge on any atom is 0.387 e. The number of imide groups is 1. The first-order valence-electron chi connectivity index (χ1n) is 9.99. The average molecular weight is 474 g/mol. The first-order valence-corrected chi connectivity index (χ1v) is 9.99. The molecule has 1 aromatic heterocycles. The molecule has 34 heavy (non-hydrogen) atoms. The van der Waals surface area contributed by atoms with Crippen LogP contribution in [0.2, 0.25) is 0 Å². The van der Waals surface area contributed by atoms with Gasteiger partial charge in [-0.1, -0.05) is 17.3 Å². The maximum absolute atomic E-state index is 13.1. The van der Waals surface area contributed by atoms with Crippen LogP contribution in [-0.2, 0) is 16.9 Å². The first kappa shape index (κ1) is 23.0.